The SMILES string of the molecule is CCCCCCCCCCCCCCCCCCC[CH2][Ni][CH2]CCCCCCCCCCCCCCCCCCC.CCCCCCCCc1cc(CCCC)cc(C2=CC(CCCC)=C(c3cc(CCCC)cc(CCCCCCCC)c3)[N+]2=[N-])c1. The van der Waals surface area contributed by atoms with Crippen LogP contribution in [0.2, 0.25) is 10.8 Å². The molecule has 0 saturated carbocycles. The summed E-state index contributed by atoms with van der Waals surface area (Å²) < 4.78 is 1.56. The van der Waals surface area contributed by atoms with Gasteiger partial charge in [0.25, 0.3) is 0 Å². The molecule has 0 atom stereocenters. The first kappa shape index (κ1) is 81.1. The van der Waals surface area contributed by atoms with Crippen molar-refractivity contribution >= 4 is 11.4 Å². The number of aryl methyl sites for hydroxylation is 4. The van der Waals surface area contributed by atoms with Crippen LogP contribution in [0.5, 0.6) is 0 Å². The molecule has 0 aromatic heterocycles. The maximum absolute atomic E-state index is 12.0. The molecule has 3 heteroatoms. The fourth-order valence-electron chi connectivity index (χ4n) is 13.2. The van der Waals surface area contributed by atoms with E-state index in [4.69, 9.17) is 0 Å². The summed E-state index contributed by atoms with van der Waals surface area (Å²) in [6.45, 7) is 16.0. The Kier molecular flexibility index (Phi) is 57.3. The number of hydrogen-bond acceptors (Lipinski definition) is 0. The van der Waals surface area contributed by atoms with Gasteiger partial charge >= 0.3 is 166 Å². The monoisotopic (exact) mass is 1250 g/mol. The first-order valence-corrected chi connectivity index (χ1v) is 41.0. The summed E-state index contributed by atoms with van der Waals surface area (Å²) >= 11 is 2.05. The predicted octanol–water partition coefficient (Wildman–Crippen LogP) is 30.2. The molecule has 0 saturated heterocycles. The third kappa shape index (κ3) is 45.0. The average Bonchev–Trinajstić information content (AvgIpc) is 2.39. The van der Waals surface area contributed by atoms with Gasteiger partial charge in [0.05, 0.1) is 0 Å². The molecule has 2 aromatic carbocycles. The fourth-order valence-corrected chi connectivity index (χ4v) is 14.4. The Labute approximate surface area is 552 Å². The number of hydrogen-bond donors (Lipinski definition) is 0. The fraction of sp³-hybridized carbons (Fsp3) is 0.810. The molecule has 3 rings (SSSR count). The van der Waals surface area contributed by atoms with Gasteiger partial charge in [-0.3, -0.25) is 0 Å². The minimum Gasteiger partial charge on any atom is -0.493 e. The number of rotatable bonds is 63. The van der Waals surface area contributed by atoms with Gasteiger partial charge in [0, 0.05) is 22.8 Å². The Hall–Kier alpha value is -1.99. The quantitative estimate of drug-likeness (QED) is 0.0358. The smallest absolute Gasteiger partial charge is 0.493 e. The van der Waals surface area contributed by atoms with E-state index in [0.29, 0.717) is 0 Å². The summed E-state index contributed by atoms with van der Waals surface area (Å²) in [6, 6.07) is 14.4. The number of allylic oxidation sites excluding steroid dienone is 2. The molecule has 506 valence electrons. The molecule has 87 heavy (non-hydrogen) atoms. The summed E-state index contributed by atoms with van der Waals surface area (Å²) in [7, 11) is 0. The van der Waals surface area contributed by atoms with Crippen molar-refractivity contribution < 1.29 is 19.1 Å². The van der Waals surface area contributed by atoms with E-state index >= 15 is 0 Å². The van der Waals surface area contributed by atoms with Gasteiger partial charge in [-0.2, -0.15) is 0 Å². The van der Waals surface area contributed by atoms with Crippen molar-refractivity contribution in [1.82, 2.24) is 0 Å². The Balaban J connectivity index is 0.000000598. The first-order chi connectivity index (χ1) is 43.0. The predicted molar refractivity (Wildman–Crippen MR) is 389 cm³/mol. The van der Waals surface area contributed by atoms with Gasteiger partial charge in [-0.05, 0) is 111 Å². The van der Waals surface area contributed by atoms with Crippen molar-refractivity contribution in [2.45, 2.75) is 438 Å². The van der Waals surface area contributed by atoms with E-state index in [1.165, 1.54) is 384 Å². The van der Waals surface area contributed by atoms with Crippen LogP contribution in [0.3, 0.4) is 0 Å². The summed E-state index contributed by atoms with van der Waals surface area (Å²) in [4.78, 5) is 0. The zero-order valence-corrected chi connectivity index (χ0v) is 60.9. The van der Waals surface area contributed by atoms with Gasteiger partial charge in [-0.25, -0.2) is 4.70 Å². The van der Waals surface area contributed by atoms with Crippen LogP contribution in [-0.2, 0) is 40.1 Å². The second-order valence-corrected chi connectivity index (χ2v) is 29.1. The van der Waals surface area contributed by atoms with Crippen molar-refractivity contribution in [3.63, 3.8) is 0 Å². The van der Waals surface area contributed by atoms with E-state index in [-0.39, 0.29) is 0 Å². The van der Waals surface area contributed by atoms with E-state index in [1.807, 2.05) is 14.4 Å². The van der Waals surface area contributed by atoms with Gasteiger partial charge < -0.3 is 5.53 Å². The maximum atomic E-state index is 12.0. The molecule has 0 radical (unpaired) electrons. The van der Waals surface area contributed by atoms with Crippen LogP contribution in [-0.4, -0.2) is 4.70 Å². The molecule has 0 unspecified atom stereocenters. The molecule has 1 aliphatic heterocycles. The molecule has 0 aliphatic carbocycles. The molecular weight excluding hydrogens is 1100 g/mol. The molecule has 2 aromatic rings. The summed E-state index contributed by atoms with van der Waals surface area (Å²) in [5.41, 5.74) is 23.4. The van der Waals surface area contributed by atoms with Gasteiger partial charge in [-0.15, -0.1) is 0 Å². The van der Waals surface area contributed by atoms with Gasteiger partial charge in [0.2, 0.25) is 11.4 Å². The van der Waals surface area contributed by atoms with E-state index in [1.54, 1.807) is 4.70 Å². The molecule has 1 aliphatic rings. The molecule has 0 amide bonds. The van der Waals surface area contributed by atoms with Crippen LogP contribution in [0, 0.1) is 0 Å². The Morgan fingerprint density at radius 3 is 0.770 bits per heavy atom. The van der Waals surface area contributed by atoms with Crippen LogP contribution in [0.15, 0.2) is 48.0 Å². The average molecular weight is 1250 g/mol. The Bertz CT molecular complexity index is 1870. The van der Waals surface area contributed by atoms with Crippen molar-refractivity contribution in [3.05, 3.63) is 87.0 Å². The van der Waals surface area contributed by atoms with Gasteiger partial charge in [0.1, 0.15) is 0 Å². The third-order valence-corrected chi connectivity index (χ3v) is 20.4. The van der Waals surface area contributed by atoms with Crippen molar-refractivity contribution in [2.24, 2.45) is 0 Å². The standard InChI is InChI=1S/C44H68N2.2C20H41.Ni/c1-6-11-16-18-20-22-26-38-29-36(24-13-8-3)31-41(32-38)43-35-40(28-15-10-5)44(46(43)45)42-33-37(25-14-9-4)30-39(34-42)27-23-21-19-17-12-7-2;2*1-3-5-7-9-11-13-15-17-19-20-18-16-14-12-10-8-6-4-2;/h29-35H,6-28H2,1-5H3;2*1,3-20H2,2H3;. The topological polar surface area (TPSA) is 25.3 Å². The minimum absolute atomic E-state index is 0.958. The molecule has 0 N–H and O–H groups in total. The van der Waals surface area contributed by atoms with Gasteiger partial charge in [0.15, 0.2) is 0 Å². The molecule has 2 nitrogen and oxygen atoms in total. The Morgan fingerprint density at radius 1 is 0.253 bits per heavy atom. The molecular formula is C84H150N2Ni. The van der Waals surface area contributed by atoms with E-state index < -0.39 is 0 Å². The van der Waals surface area contributed by atoms with Crippen molar-refractivity contribution in [2.75, 3.05) is 0 Å². The minimum atomic E-state index is 0.958. The molecule has 0 spiro atoms. The second kappa shape index (κ2) is 61.5. The third-order valence-electron chi connectivity index (χ3n) is 19.0. The second-order valence-electron chi connectivity index (χ2n) is 27.6. The summed E-state index contributed by atoms with van der Waals surface area (Å²) in [5.74, 6) is 0. The Morgan fingerprint density at radius 2 is 0.483 bits per heavy atom. The zero-order valence-electron chi connectivity index (χ0n) is 59.9. The van der Waals surface area contributed by atoms with Crippen LogP contribution in [0.4, 0.5) is 0 Å². The van der Waals surface area contributed by atoms with Crippen LogP contribution in [0.1, 0.15) is 435 Å². The summed E-state index contributed by atoms with van der Waals surface area (Å²) in [6.07, 6.45) is 84.0. The molecule has 0 fully saturated rings. The summed E-state index contributed by atoms with van der Waals surface area (Å²) in [5, 5.41) is 2.87. The number of unbranched alkanes of at least 4 members (excludes halogenated alkanes) is 47. The van der Waals surface area contributed by atoms with Crippen LogP contribution in [0.25, 0.3) is 16.9 Å². The molecule has 1 heterocycles. The van der Waals surface area contributed by atoms with Crippen molar-refractivity contribution in [3.8, 4) is 0 Å². The molecule has 0 bridgehead atoms. The van der Waals surface area contributed by atoms with Crippen LogP contribution >= 0.6 is 0 Å². The van der Waals surface area contributed by atoms with Gasteiger partial charge in [-0.1, -0.05) is 234 Å². The zero-order chi connectivity index (χ0) is 62.6. The number of benzene rings is 2. The van der Waals surface area contributed by atoms with E-state index in [2.05, 4.69) is 90.9 Å². The van der Waals surface area contributed by atoms with Crippen molar-refractivity contribution in [1.29, 1.82) is 0 Å². The number of nitrogens with zero attached hydrogens (tertiary/aromatic N) is 2. The van der Waals surface area contributed by atoms with Crippen LogP contribution < -0.4 is 0 Å². The first-order valence-electron chi connectivity index (χ1n) is 39.6. The normalized spacial score (nSPS) is 12.5. The van der Waals surface area contributed by atoms with E-state index in [0.717, 1.165) is 56.3 Å². The van der Waals surface area contributed by atoms with E-state index in [9.17, 15) is 5.53 Å².